The lowest BCUT2D eigenvalue weighted by molar-refractivity contribution is 0.671. The van der Waals surface area contributed by atoms with Gasteiger partial charge in [-0.05, 0) is 35.9 Å². The molecule has 0 saturated carbocycles. The smallest absolute Gasteiger partial charge is 0.144 e. The third kappa shape index (κ3) is 3.26. The average Bonchev–Trinajstić information content (AvgIpc) is 3.28. The molecule has 33 heavy (non-hydrogen) atoms. The van der Waals surface area contributed by atoms with E-state index in [1.807, 2.05) is 66.7 Å². The molecule has 0 aliphatic rings. The van der Waals surface area contributed by atoms with Gasteiger partial charge in [0, 0.05) is 27.5 Å². The molecule has 2 aromatic heterocycles. The topological polar surface area (TPSA) is 49.8 Å². The average molecular weight is 422 g/mol. The zero-order valence-corrected chi connectivity index (χ0v) is 17.7. The molecule has 0 radical (unpaired) electrons. The van der Waals surface area contributed by atoms with E-state index in [2.05, 4.69) is 48.5 Å². The molecule has 0 aliphatic carbocycles. The van der Waals surface area contributed by atoms with Gasteiger partial charge in [-0.2, -0.15) is 5.26 Å². The first kappa shape index (κ1) is 19.0. The highest BCUT2D eigenvalue weighted by molar-refractivity contribution is 6.12. The Balaban J connectivity index is 1.55. The van der Waals surface area contributed by atoms with Gasteiger partial charge < -0.3 is 4.42 Å². The van der Waals surface area contributed by atoms with E-state index >= 15 is 0 Å². The second-order valence-electron chi connectivity index (χ2n) is 7.93. The molecule has 0 aliphatic heterocycles. The highest BCUT2D eigenvalue weighted by Crippen LogP contribution is 2.39. The quantitative estimate of drug-likeness (QED) is 0.292. The standard InChI is InChI=1S/C30H18N2O/c31-19-20-15-17-21(18-16-20)23-9-4-10-24-25-11-5-12-26(30(25)33-29(23)24)28-14-6-13-27(32-28)22-7-2-1-3-8-22/h1-18H. The van der Waals surface area contributed by atoms with Crippen LogP contribution in [-0.2, 0) is 0 Å². The summed E-state index contributed by atoms with van der Waals surface area (Å²) >= 11 is 0. The molecule has 3 heteroatoms. The number of hydrogen-bond acceptors (Lipinski definition) is 3. The maximum absolute atomic E-state index is 9.12. The molecule has 0 spiro atoms. The van der Waals surface area contributed by atoms with E-state index in [4.69, 9.17) is 14.7 Å². The van der Waals surface area contributed by atoms with Crippen LogP contribution in [0.2, 0.25) is 0 Å². The molecule has 3 nitrogen and oxygen atoms in total. The fraction of sp³-hybridized carbons (Fsp3) is 0. The van der Waals surface area contributed by atoms with Crippen LogP contribution in [0.5, 0.6) is 0 Å². The van der Waals surface area contributed by atoms with Crippen LogP contribution in [0.25, 0.3) is 55.6 Å². The SMILES string of the molecule is N#Cc1ccc(-c2cccc3c2oc2c(-c4cccc(-c5ccccc5)n4)cccc23)cc1. The minimum absolute atomic E-state index is 0.641. The molecule has 0 atom stereocenters. The normalized spacial score (nSPS) is 11.0. The summed E-state index contributed by atoms with van der Waals surface area (Å²) in [6, 6.07) is 38.4. The summed E-state index contributed by atoms with van der Waals surface area (Å²) in [6.07, 6.45) is 0. The molecular formula is C30H18N2O. The van der Waals surface area contributed by atoms with E-state index in [1.165, 1.54) is 0 Å². The second-order valence-corrected chi connectivity index (χ2v) is 7.93. The Morgan fingerprint density at radius 3 is 1.91 bits per heavy atom. The van der Waals surface area contributed by atoms with Crippen molar-refractivity contribution < 1.29 is 4.42 Å². The number of nitrogens with zero attached hydrogens (tertiary/aromatic N) is 2. The second kappa shape index (κ2) is 7.78. The van der Waals surface area contributed by atoms with Crippen LogP contribution in [0.3, 0.4) is 0 Å². The van der Waals surface area contributed by atoms with E-state index in [0.717, 1.165) is 55.6 Å². The molecule has 6 rings (SSSR count). The van der Waals surface area contributed by atoms with Crippen LogP contribution >= 0.6 is 0 Å². The lowest BCUT2D eigenvalue weighted by Crippen LogP contribution is -1.88. The summed E-state index contributed by atoms with van der Waals surface area (Å²) in [5.41, 5.74) is 8.18. The molecule has 0 bridgehead atoms. The fourth-order valence-corrected chi connectivity index (χ4v) is 4.33. The van der Waals surface area contributed by atoms with Gasteiger partial charge >= 0.3 is 0 Å². The van der Waals surface area contributed by atoms with Gasteiger partial charge in [-0.15, -0.1) is 0 Å². The number of pyridine rings is 1. The van der Waals surface area contributed by atoms with Crippen LogP contribution < -0.4 is 0 Å². The highest BCUT2D eigenvalue weighted by Gasteiger charge is 2.16. The van der Waals surface area contributed by atoms with Crippen LogP contribution in [0, 0.1) is 11.3 Å². The first-order valence-electron chi connectivity index (χ1n) is 10.8. The molecular weight excluding hydrogens is 404 g/mol. The maximum Gasteiger partial charge on any atom is 0.144 e. The van der Waals surface area contributed by atoms with Crippen molar-refractivity contribution in [2.24, 2.45) is 0 Å². The Hall–Kier alpha value is -4.68. The number of rotatable bonds is 3. The predicted octanol–water partition coefficient (Wildman–Crippen LogP) is 7.85. The van der Waals surface area contributed by atoms with Crippen molar-refractivity contribution in [2.45, 2.75) is 0 Å². The van der Waals surface area contributed by atoms with Crippen molar-refractivity contribution in [2.75, 3.05) is 0 Å². The van der Waals surface area contributed by atoms with Gasteiger partial charge in [0.05, 0.1) is 23.0 Å². The van der Waals surface area contributed by atoms with E-state index in [0.29, 0.717) is 5.56 Å². The van der Waals surface area contributed by atoms with Gasteiger partial charge in [-0.1, -0.05) is 78.9 Å². The third-order valence-corrected chi connectivity index (χ3v) is 5.94. The van der Waals surface area contributed by atoms with Crippen LogP contribution in [0.4, 0.5) is 0 Å². The van der Waals surface area contributed by atoms with E-state index in [1.54, 1.807) is 0 Å². The minimum atomic E-state index is 0.641. The van der Waals surface area contributed by atoms with Crippen molar-refractivity contribution in [1.82, 2.24) is 4.98 Å². The summed E-state index contributed by atoms with van der Waals surface area (Å²) < 4.78 is 6.52. The van der Waals surface area contributed by atoms with Crippen molar-refractivity contribution in [3.8, 4) is 39.7 Å². The molecule has 0 unspecified atom stereocenters. The van der Waals surface area contributed by atoms with Crippen molar-refractivity contribution in [1.29, 1.82) is 5.26 Å². The summed E-state index contributed by atoms with van der Waals surface area (Å²) in [4.78, 5) is 4.94. The Bertz CT molecular complexity index is 1660. The Morgan fingerprint density at radius 1 is 0.545 bits per heavy atom. The van der Waals surface area contributed by atoms with Crippen LogP contribution in [-0.4, -0.2) is 4.98 Å². The molecule has 0 fully saturated rings. The first-order chi connectivity index (χ1) is 16.3. The molecule has 0 saturated heterocycles. The summed E-state index contributed by atoms with van der Waals surface area (Å²) in [6.45, 7) is 0. The molecule has 6 aromatic rings. The molecule has 154 valence electrons. The molecule has 4 aromatic carbocycles. The molecule has 0 amide bonds. The van der Waals surface area contributed by atoms with Crippen molar-refractivity contribution in [3.63, 3.8) is 0 Å². The number of hydrogen-bond donors (Lipinski definition) is 0. The number of furan rings is 1. The number of nitriles is 1. The monoisotopic (exact) mass is 422 g/mol. The maximum atomic E-state index is 9.12. The van der Waals surface area contributed by atoms with Gasteiger partial charge in [-0.3, -0.25) is 0 Å². The Kier molecular flexibility index (Phi) is 4.49. The fourth-order valence-electron chi connectivity index (χ4n) is 4.33. The van der Waals surface area contributed by atoms with Crippen molar-refractivity contribution >= 4 is 21.9 Å². The summed E-state index contributed by atoms with van der Waals surface area (Å²) in [5.74, 6) is 0. The zero-order chi connectivity index (χ0) is 22.2. The number of benzene rings is 4. The van der Waals surface area contributed by atoms with Gasteiger partial charge in [0.2, 0.25) is 0 Å². The largest absolute Gasteiger partial charge is 0.455 e. The molecule has 2 heterocycles. The van der Waals surface area contributed by atoms with Gasteiger partial charge in [-0.25, -0.2) is 4.98 Å². The van der Waals surface area contributed by atoms with E-state index in [-0.39, 0.29) is 0 Å². The zero-order valence-electron chi connectivity index (χ0n) is 17.7. The highest BCUT2D eigenvalue weighted by atomic mass is 16.3. The first-order valence-corrected chi connectivity index (χ1v) is 10.8. The number of para-hydroxylation sites is 2. The third-order valence-electron chi connectivity index (χ3n) is 5.94. The number of aromatic nitrogens is 1. The van der Waals surface area contributed by atoms with Crippen molar-refractivity contribution in [3.05, 3.63) is 115 Å². The summed E-state index contributed by atoms with van der Waals surface area (Å²) in [5, 5.41) is 11.2. The van der Waals surface area contributed by atoms with Gasteiger partial charge in [0.15, 0.2) is 0 Å². The lowest BCUT2D eigenvalue weighted by atomic mass is 10.0. The van der Waals surface area contributed by atoms with Crippen LogP contribution in [0.1, 0.15) is 5.56 Å². The van der Waals surface area contributed by atoms with E-state index < -0.39 is 0 Å². The van der Waals surface area contributed by atoms with Gasteiger partial charge in [0.1, 0.15) is 11.2 Å². The minimum Gasteiger partial charge on any atom is -0.455 e. The van der Waals surface area contributed by atoms with Gasteiger partial charge in [0.25, 0.3) is 0 Å². The Morgan fingerprint density at radius 2 is 1.18 bits per heavy atom. The Labute approximate surface area is 191 Å². The number of fused-ring (bicyclic) bond motifs is 3. The molecule has 0 N–H and O–H groups in total. The summed E-state index contributed by atoms with van der Waals surface area (Å²) in [7, 11) is 0. The van der Waals surface area contributed by atoms with Crippen LogP contribution in [0.15, 0.2) is 114 Å². The lowest BCUT2D eigenvalue weighted by Gasteiger charge is -2.06. The van der Waals surface area contributed by atoms with E-state index in [9.17, 15) is 0 Å². The predicted molar refractivity (Wildman–Crippen MR) is 133 cm³/mol.